The molecule has 1 aromatic heterocycles. The first-order valence-electron chi connectivity index (χ1n) is 13.9. The minimum atomic E-state index is -0.666. The van der Waals surface area contributed by atoms with Gasteiger partial charge in [-0.25, -0.2) is 9.78 Å². The average molecular weight is 583 g/mol. The number of fused-ring (bicyclic) bond motifs is 3. The quantitative estimate of drug-likeness (QED) is 0.357. The predicted octanol–water partition coefficient (Wildman–Crippen LogP) is 5.22. The number of morpholine rings is 1. The van der Waals surface area contributed by atoms with Crippen molar-refractivity contribution in [1.29, 1.82) is 0 Å². The maximum absolute atomic E-state index is 14.1. The summed E-state index contributed by atoms with van der Waals surface area (Å²) in [5, 5.41) is 2.91. The van der Waals surface area contributed by atoms with Crippen molar-refractivity contribution in [3.05, 3.63) is 58.9 Å². The van der Waals surface area contributed by atoms with E-state index in [4.69, 9.17) is 26.1 Å². The van der Waals surface area contributed by atoms with E-state index in [0.29, 0.717) is 50.7 Å². The molecule has 3 aliphatic rings. The van der Waals surface area contributed by atoms with Crippen LogP contribution >= 0.6 is 22.1 Å². The van der Waals surface area contributed by atoms with E-state index in [9.17, 15) is 9.59 Å². The van der Waals surface area contributed by atoms with Gasteiger partial charge in [0.25, 0.3) is 0 Å². The van der Waals surface area contributed by atoms with Crippen molar-refractivity contribution in [2.75, 3.05) is 43.2 Å². The maximum Gasteiger partial charge on any atom is 0.410 e. The normalized spacial score (nSPS) is 23.1. The number of rotatable bonds is 7. The summed E-state index contributed by atoms with van der Waals surface area (Å²) in [6.45, 7) is 5.44. The lowest BCUT2D eigenvalue weighted by Gasteiger charge is -2.43. The molecule has 2 amide bonds. The number of aryl methyl sites for hydroxylation is 1. The van der Waals surface area contributed by atoms with E-state index in [2.05, 4.69) is 23.1 Å². The van der Waals surface area contributed by atoms with E-state index in [1.807, 2.05) is 47.4 Å². The number of aromatic nitrogens is 2. The van der Waals surface area contributed by atoms with E-state index in [-0.39, 0.29) is 28.6 Å². The van der Waals surface area contributed by atoms with Gasteiger partial charge in [0.05, 0.1) is 36.2 Å². The summed E-state index contributed by atoms with van der Waals surface area (Å²) in [7, 11) is 0.275. The molecule has 6 rings (SSSR count). The fourth-order valence-electron chi connectivity index (χ4n) is 6.14. The van der Waals surface area contributed by atoms with Crippen LogP contribution in [-0.4, -0.2) is 76.2 Å². The molecule has 212 valence electrons. The molecule has 2 aliphatic heterocycles. The smallest absolute Gasteiger partial charge is 0.410 e. The van der Waals surface area contributed by atoms with E-state index >= 15 is 0 Å². The molecule has 2 aromatic carbocycles. The Morgan fingerprint density at radius 3 is 2.77 bits per heavy atom. The monoisotopic (exact) mass is 582 g/mol. The highest BCUT2D eigenvalue weighted by molar-refractivity contribution is 8.14. The third kappa shape index (κ3) is 4.92. The van der Waals surface area contributed by atoms with Gasteiger partial charge in [0.15, 0.2) is 0 Å². The second kappa shape index (κ2) is 11.2. The fourth-order valence-corrected chi connectivity index (χ4v) is 7.13. The molecule has 1 saturated carbocycles. The lowest BCUT2D eigenvalue weighted by Crippen LogP contribution is -2.54. The summed E-state index contributed by atoms with van der Waals surface area (Å²) in [4.78, 5) is 35.3. The summed E-state index contributed by atoms with van der Waals surface area (Å²) in [6, 6.07) is 13.8. The molecule has 2 fully saturated rings. The number of halogens is 1. The zero-order chi connectivity index (χ0) is 27.9. The van der Waals surface area contributed by atoms with Crippen LogP contribution in [-0.2, 0) is 32.8 Å². The third-order valence-corrected chi connectivity index (χ3v) is 10.4. The van der Waals surface area contributed by atoms with Gasteiger partial charge in [-0.2, -0.15) is 10.5 Å². The van der Waals surface area contributed by atoms with Crippen molar-refractivity contribution in [2.45, 2.75) is 50.8 Å². The van der Waals surface area contributed by atoms with E-state index in [1.165, 1.54) is 0 Å². The molecule has 1 aliphatic carbocycles. The van der Waals surface area contributed by atoms with Crippen molar-refractivity contribution in [3.8, 4) is 0 Å². The van der Waals surface area contributed by atoms with Gasteiger partial charge in [0.1, 0.15) is 11.9 Å². The summed E-state index contributed by atoms with van der Waals surface area (Å²) in [6.07, 6.45) is 3.67. The van der Waals surface area contributed by atoms with Crippen molar-refractivity contribution in [3.63, 3.8) is 0 Å². The third-order valence-electron chi connectivity index (χ3n) is 8.39. The summed E-state index contributed by atoms with van der Waals surface area (Å²) < 4.78 is 13.4. The molecule has 1 atom stereocenters. The highest BCUT2D eigenvalue weighted by atomic mass is 35.5. The number of carbonyl (C=O) groups is 2. The Morgan fingerprint density at radius 1 is 1.23 bits per heavy atom. The van der Waals surface area contributed by atoms with Crippen LogP contribution in [0.15, 0.2) is 42.5 Å². The van der Waals surface area contributed by atoms with Gasteiger partial charge >= 0.3 is 6.09 Å². The topological polar surface area (TPSA) is 76.9 Å². The SMILES string of the molecule is C/C=S(/C)CCCn1c(CN2C(=O)C3(CC(OC(=O)N4CCOCC4)C3)c3ccccc32)nc2cc(Cl)ccc21. The zero-order valence-electron chi connectivity index (χ0n) is 23.0. The molecule has 0 bridgehead atoms. The lowest BCUT2D eigenvalue weighted by molar-refractivity contribution is -0.131. The van der Waals surface area contributed by atoms with Gasteiger partial charge in [0, 0.05) is 43.2 Å². The van der Waals surface area contributed by atoms with Crippen molar-refractivity contribution < 1.29 is 19.1 Å². The second-order valence-corrected chi connectivity index (χ2v) is 13.5. The lowest BCUT2D eigenvalue weighted by atomic mass is 9.63. The Labute approximate surface area is 242 Å². The molecule has 1 saturated heterocycles. The van der Waals surface area contributed by atoms with E-state index in [1.54, 1.807) is 4.90 Å². The fraction of sp³-hybridized carbons (Fsp3) is 0.467. The Hall–Kier alpha value is -2.88. The number of carbonyl (C=O) groups excluding carboxylic acids is 2. The molecular weight excluding hydrogens is 548 g/mol. The Kier molecular flexibility index (Phi) is 7.63. The van der Waals surface area contributed by atoms with Gasteiger partial charge in [-0.15, -0.1) is 0 Å². The molecule has 1 spiro atoms. The van der Waals surface area contributed by atoms with Crippen LogP contribution in [0.3, 0.4) is 0 Å². The zero-order valence-corrected chi connectivity index (χ0v) is 24.5. The van der Waals surface area contributed by atoms with Crippen LogP contribution in [0.2, 0.25) is 5.02 Å². The van der Waals surface area contributed by atoms with Gasteiger partial charge in [-0.1, -0.05) is 35.2 Å². The minimum absolute atomic E-state index is 0.0553. The molecular formula is C30H35ClN4O4S. The Balaban J connectivity index is 1.24. The number of ether oxygens (including phenoxy) is 2. The van der Waals surface area contributed by atoms with Crippen LogP contribution in [0.25, 0.3) is 11.0 Å². The van der Waals surface area contributed by atoms with Crippen molar-refractivity contribution >= 4 is 56.2 Å². The highest BCUT2D eigenvalue weighted by Crippen LogP contribution is 2.54. The number of nitrogens with zero attached hydrogens (tertiary/aromatic N) is 4. The number of para-hydroxylation sites is 1. The van der Waals surface area contributed by atoms with Gasteiger partial charge in [-0.3, -0.25) is 4.79 Å². The number of anilines is 1. The Morgan fingerprint density at radius 2 is 2.00 bits per heavy atom. The molecule has 10 heteroatoms. The first kappa shape index (κ1) is 27.3. The molecule has 0 radical (unpaired) electrons. The van der Waals surface area contributed by atoms with Crippen LogP contribution in [0.1, 0.15) is 37.6 Å². The maximum atomic E-state index is 14.1. The molecule has 0 N–H and O–H groups in total. The molecule has 40 heavy (non-hydrogen) atoms. The first-order valence-corrected chi connectivity index (χ1v) is 16.1. The highest BCUT2D eigenvalue weighted by Gasteiger charge is 2.59. The Bertz CT molecular complexity index is 1480. The summed E-state index contributed by atoms with van der Waals surface area (Å²) >= 11 is 6.31. The number of imidazole rings is 1. The van der Waals surface area contributed by atoms with Crippen molar-refractivity contribution in [1.82, 2.24) is 14.5 Å². The van der Waals surface area contributed by atoms with Crippen LogP contribution in [0.4, 0.5) is 10.5 Å². The largest absolute Gasteiger partial charge is 0.446 e. The van der Waals surface area contributed by atoms with Gasteiger partial charge < -0.3 is 23.8 Å². The van der Waals surface area contributed by atoms with Crippen LogP contribution in [0, 0.1) is 0 Å². The molecule has 1 unspecified atom stereocenters. The molecule has 3 aromatic rings. The van der Waals surface area contributed by atoms with Gasteiger partial charge in [-0.05, 0) is 55.2 Å². The standard InChI is InChI=1S/C30H35ClN4O4S/c1-3-40(2)16-6-11-34-26-10-9-21(31)17-24(26)32-27(34)20-35-25-8-5-4-7-23(25)30(28(35)36)18-22(19-30)39-29(37)33-12-14-38-15-13-33/h3-5,7-10,17,22H,6,11-16,18-20H2,1-2H3. The summed E-state index contributed by atoms with van der Waals surface area (Å²) in [5.41, 5.74) is 3.13. The number of hydrogen-bond donors (Lipinski definition) is 0. The van der Waals surface area contributed by atoms with Crippen molar-refractivity contribution in [2.24, 2.45) is 0 Å². The van der Waals surface area contributed by atoms with Gasteiger partial charge in [0.2, 0.25) is 5.91 Å². The number of hydrogen-bond acceptors (Lipinski definition) is 5. The minimum Gasteiger partial charge on any atom is -0.446 e. The second-order valence-electron chi connectivity index (χ2n) is 10.8. The molecule has 3 heterocycles. The molecule has 8 nitrogen and oxygen atoms in total. The van der Waals surface area contributed by atoms with E-state index in [0.717, 1.165) is 46.8 Å². The van der Waals surface area contributed by atoms with Crippen LogP contribution < -0.4 is 4.90 Å². The summed E-state index contributed by atoms with van der Waals surface area (Å²) in [5.74, 6) is 2.02. The average Bonchev–Trinajstić information content (AvgIpc) is 3.40. The first-order chi connectivity index (χ1) is 19.4. The number of benzene rings is 2. The van der Waals surface area contributed by atoms with Crippen LogP contribution in [0.5, 0.6) is 0 Å². The number of amides is 2. The predicted molar refractivity (Wildman–Crippen MR) is 161 cm³/mol. The van der Waals surface area contributed by atoms with E-state index < -0.39 is 5.41 Å².